The van der Waals surface area contributed by atoms with Crippen molar-refractivity contribution in [1.29, 1.82) is 0 Å². The molecular formula is C30H44O6. The lowest BCUT2D eigenvalue weighted by molar-refractivity contribution is -0.170. The van der Waals surface area contributed by atoms with E-state index in [0.29, 0.717) is 12.8 Å². The van der Waals surface area contributed by atoms with Crippen molar-refractivity contribution in [3.8, 4) is 0 Å². The third-order valence-corrected chi connectivity index (χ3v) is 11.0. The van der Waals surface area contributed by atoms with Crippen LogP contribution in [0.1, 0.15) is 81.1 Å². The van der Waals surface area contributed by atoms with Crippen LogP contribution >= 0.6 is 0 Å². The normalized spacial score (nSPS) is 43.7. The highest BCUT2D eigenvalue weighted by atomic mass is 16.3. The molecule has 4 rings (SSSR count). The molecule has 8 atom stereocenters. The number of allylic oxidation sites excluding steroid dienone is 4. The summed E-state index contributed by atoms with van der Waals surface area (Å²) in [5.74, 6) is -1.56. The van der Waals surface area contributed by atoms with Gasteiger partial charge in [-0.2, -0.15) is 0 Å². The zero-order chi connectivity index (χ0) is 27.3. The number of hydrogen-bond donors (Lipinski definition) is 4. The van der Waals surface area contributed by atoms with Crippen LogP contribution in [0.2, 0.25) is 0 Å². The molecule has 6 heteroatoms. The van der Waals surface area contributed by atoms with Gasteiger partial charge in [0, 0.05) is 11.8 Å². The summed E-state index contributed by atoms with van der Waals surface area (Å²) in [6.45, 7) is 14.9. The Hall–Kier alpha value is -1.76. The fourth-order valence-corrected chi connectivity index (χ4v) is 8.81. The Balaban J connectivity index is 1.76. The van der Waals surface area contributed by atoms with E-state index in [1.165, 1.54) is 19.1 Å². The van der Waals surface area contributed by atoms with Crippen LogP contribution in [0, 0.1) is 39.4 Å². The molecule has 0 saturated heterocycles. The number of aliphatic hydroxyl groups excluding tert-OH is 2. The molecule has 200 valence electrons. The minimum Gasteiger partial charge on any atom is -0.505 e. The van der Waals surface area contributed by atoms with Gasteiger partial charge in [-0.3, -0.25) is 9.59 Å². The van der Waals surface area contributed by atoms with Crippen molar-refractivity contribution in [3.63, 3.8) is 0 Å². The molecule has 0 aliphatic heterocycles. The van der Waals surface area contributed by atoms with Gasteiger partial charge in [-0.25, -0.2) is 0 Å². The number of carbonyl (C=O) groups is 2. The van der Waals surface area contributed by atoms with E-state index in [0.717, 1.165) is 18.4 Å². The monoisotopic (exact) mass is 500 g/mol. The first kappa shape index (κ1) is 27.3. The minimum absolute atomic E-state index is 0.0848. The average molecular weight is 501 g/mol. The molecule has 0 heterocycles. The summed E-state index contributed by atoms with van der Waals surface area (Å²) in [4.78, 5) is 26.0. The fourth-order valence-electron chi connectivity index (χ4n) is 8.81. The van der Waals surface area contributed by atoms with E-state index in [1.807, 2.05) is 13.8 Å². The number of ketones is 2. The number of Topliss-reactive ketones (excluding diaryl/α,β-unsaturated/α-hetero) is 1. The van der Waals surface area contributed by atoms with E-state index in [-0.39, 0.29) is 34.2 Å². The van der Waals surface area contributed by atoms with Crippen LogP contribution in [0.25, 0.3) is 0 Å². The van der Waals surface area contributed by atoms with Crippen LogP contribution in [-0.2, 0) is 9.59 Å². The first-order valence-electron chi connectivity index (χ1n) is 13.3. The molecule has 0 aromatic heterocycles. The van der Waals surface area contributed by atoms with Gasteiger partial charge in [0.05, 0.1) is 17.1 Å². The number of aliphatic hydroxyl groups is 4. The van der Waals surface area contributed by atoms with Crippen molar-refractivity contribution in [3.05, 3.63) is 35.6 Å². The van der Waals surface area contributed by atoms with Crippen LogP contribution in [0.3, 0.4) is 0 Å². The number of rotatable bonds is 4. The highest BCUT2D eigenvalue weighted by Crippen LogP contribution is 2.74. The molecule has 2 saturated carbocycles. The molecule has 2 fully saturated rings. The van der Waals surface area contributed by atoms with E-state index in [1.54, 1.807) is 19.9 Å². The zero-order valence-corrected chi connectivity index (χ0v) is 23.1. The Labute approximate surface area is 215 Å². The van der Waals surface area contributed by atoms with Crippen LogP contribution < -0.4 is 0 Å². The molecule has 4 N–H and O–H groups in total. The fraction of sp³-hybridized carbons (Fsp3) is 0.733. The highest BCUT2D eigenvalue weighted by molar-refractivity contribution is 6.01. The molecule has 4 aliphatic rings. The molecule has 0 spiro atoms. The van der Waals surface area contributed by atoms with E-state index in [4.69, 9.17) is 0 Å². The molecule has 0 bridgehead atoms. The van der Waals surface area contributed by atoms with Gasteiger partial charge < -0.3 is 20.4 Å². The highest BCUT2D eigenvalue weighted by Gasteiger charge is 2.72. The lowest BCUT2D eigenvalue weighted by Gasteiger charge is -2.64. The Morgan fingerprint density at radius 1 is 1.06 bits per heavy atom. The van der Waals surface area contributed by atoms with E-state index >= 15 is 0 Å². The van der Waals surface area contributed by atoms with Crippen LogP contribution in [0.4, 0.5) is 0 Å². The lowest BCUT2D eigenvalue weighted by atomic mass is 9.39. The summed E-state index contributed by atoms with van der Waals surface area (Å²) in [6, 6.07) is 0. The Morgan fingerprint density at radius 2 is 1.67 bits per heavy atom. The van der Waals surface area contributed by atoms with Crippen molar-refractivity contribution >= 4 is 11.6 Å². The summed E-state index contributed by atoms with van der Waals surface area (Å²) in [5, 5.41) is 43.6. The first-order valence-corrected chi connectivity index (χ1v) is 13.3. The SMILES string of the molecule is CC(C)(O)C=CC(=O)[C@](C)(O)C1C(O)CC2(C)[C@@H]3CC=C4C(C=C(O)C(=O)C4(C)C)[C@]3(C)CC[C@]12C. The molecule has 6 nitrogen and oxygen atoms in total. The molecule has 4 unspecified atom stereocenters. The third-order valence-electron chi connectivity index (χ3n) is 11.0. The molecule has 0 aromatic rings. The van der Waals surface area contributed by atoms with Crippen molar-refractivity contribution in [2.45, 2.75) is 98.4 Å². The van der Waals surface area contributed by atoms with Crippen LogP contribution in [0.15, 0.2) is 35.6 Å². The van der Waals surface area contributed by atoms with Gasteiger partial charge in [-0.05, 0) is 94.6 Å². The van der Waals surface area contributed by atoms with Crippen LogP contribution in [0.5, 0.6) is 0 Å². The summed E-state index contributed by atoms with van der Waals surface area (Å²) < 4.78 is 0. The summed E-state index contributed by atoms with van der Waals surface area (Å²) in [7, 11) is 0. The van der Waals surface area contributed by atoms with E-state index < -0.39 is 39.8 Å². The van der Waals surface area contributed by atoms with Gasteiger partial charge in [-0.1, -0.05) is 38.5 Å². The molecule has 0 amide bonds. The molecule has 4 aliphatic carbocycles. The third kappa shape index (κ3) is 3.54. The molecule has 0 aromatic carbocycles. The smallest absolute Gasteiger partial charge is 0.206 e. The minimum atomic E-state index is -1.80. The van der Waals surface area contributed by atoms with Gasteiger partial charge in [0.25, 0.3) is 0 Å². The predicted octanol–water partition coefficient (Wildman–Crippen LogP) is 4.44. The first-order chi connectivity index (χ1) is 16.2. The van der Waals surface area contributed by atoms with Gasteiger partial charge in [-0.15, -0.1) is 0 Å². The second-order valence-corrected chi connectivity index (χ2v) is 14.0. The molecule has 36 heavy (non-hydrogen) atoms. The maximum Gasteiger partial charge on any atom is 0.206 e. The van der Waals surface area contributed by atoms with Crippen molar-refractivity contribution < 1.29 is 30.0 Å². The summed E-state index contributed by atoms with van der Waals surface area (Å²) in [6.07, 6.45) is 8.35. The quantitative estimate of drug-likeness (QED) is 0.335. The molecular weight excluding hydrogens is 456 g/mol. The maximum atomic E-state index is 13.2. The number of carbonyl (C=O) groups excluding carboxylic acids is 2. The van der Waals surface area contributed by atoms with Gasteiger partial charge in [0.2, 0.25) is 5.78 Å². The average Bonchev–Trinajstić information content (AvgIpc) is 2.96. The van der Waals surface area contributed by atoms with E-state index in [2.05, 4.69) is 26.8 Å². The Morgan fingerprint density at radius 3 is 2.25 bits per heavy atom. The Bertz CT molecular complexity index is 1070. The topological polar surface area (TPSA) is 115 Å². The van der Waals surface area contributed by atoms with Crippen LogP contribution in [-0.4, -0.2) is 49.3 Å². The van der Waals surface area contributed by atoms with Gasteiger partial charge in [0.1, 0.15) is 5.60 Å². The lowest BCUT2D eigenvalue weighted by Crippen LogP contribution is -2.61. The summed E-state index contributed by atoms with van der Waals surface area (Å²) >= 11 is 0. The van der Waals surface area contributed by atoms with E-state index in [9.17, 15) is 30.0 Å². The second-order valence-electron chi connectivity index (χ2n) is 14.0. The number of hydrogen-bond acceptors (Lipinski definition) is 6. The maximum absolute atomic E-state index is 13.2. The Kier molecular flexibility index (Phi) is 5.97. The van der Waals surface area contributed by atoms with Gasteiger partial charge >= 0.3 is 0 Å². The molecule has 0 radical (unpaired) electrons. The summed E-state index contributed by atoms with van der Waals surface area (Å²) in [5.41, 5.74) is -3.83. The van der Waals surface area contributed by atoms with Gasteiger partial charge in [0.15, 0.2) is 11.5 Å². The van der Waals surface area contributed by atoms with Crippen molar-refractivity contribution in [2.24, 2.45) is 39.4 Å². The van der Waals surface area contributed by atoms with Crippen molar-refractivity contribution in [1.82, 2.24) is 0 Å². The zero-order valence-electron chi connectivity index (χ0n) is 23.1. The largest absolute Gasteiger partial charge is 0.505 e. The second kappa shape index (κ2) is 7.87. The number of fused-ring (bicyclic) bond motifs is 5. The van der Waals surface area contributed by atoms with Crippen molar-refractivity contribution in [2.75, 3.05) is 0 Å². The standard InChI is InChI=1S/C30H44O6/c1-25(2,35)12-11-22(33)30(8,36)23-20(32)16-29(7)21-10-9-17-18(15-19(31)24(34)26(17,3)4)27(21,5)13-14-28(23,29)6/h9,11-12,15,18,20-21,23,31-32,35-36H,10,13-14,16H2,1-8H3/t18?,20?,21-,23?,27+,28-,29?,30+/m1/s1. The predicted molar refractivity (Wildman–Crippen MR) is 138 cm³/mol.